The second-order valence-corrected chi connectivity index (χ2v) is 6.66. The quantitative estimate of drug-likeness (QED) is 0.521. The summed E-state index contributed by atoms with van der Waals surface area (Å²) in [5, 5.41) is 18.5. The molecule has 0 saturated heterocycles. The lowest BCUT2D eigenvalue weighted by Gasteiger charge is -2.22. The predicted molar refractivity (Wildman–Crippen MR) is 106 cm³/mol. The van der Waals surface area contributed by atoms with Gasteiger partial charge < -0.3 is 5.32 Å². The number of aryl methyl sites for hydroxylation is 1. The summed E-state index contributed by atoms with van der Waals surface area (Å²) in [6.07, 6.45) is 0. The van der Waals surface area contributed by atoms with Crippen LogP contribution in [-0.4, -0.2) is 20.6 Å². The maximum Gasteiger partial charge on any atom is 0.312 e. The van der Waals surface area contributed by atoms with E-state index >= 15 is 0 Å². The second-order valence-electron chi connectivity index (χ2n) is 6.66. The molecule has 1 amide bonds. The number of rotatable bonds is 6. The Morgan fingerprint density at radius 1 is 1.04 bits per heavy atom. The number of aromatic nitrogens is 2. The maximum atomic E-state index is 13.0. The van der Waals surface area contributed by atoms with E-state index in [4.69, 9.17) is 0 Å². The van der Waals surface area contributed by atoms with Gasteiger partial charge in [-0.15, -0.1) is 0 Å². The van der Waals surface area contributed by atoms with Gasteiger partial charge in [0.2, 0.25) is 5.91 Å². The molecule has 7 heteroatoms. The minimum atomic E-state index is -0.692. The molecule has 0 saturated carbocycles. The largest absolute Gasteiger partial charge is 0.343 e. The van der Waals surface area contributed by atoms with Crippen LogP contribution in [0.5, 0.6) is 0 Å². The van der Waals surface area contributed by atoms with Crippen molar-refractivity contribution in [1.29, 1.82) is 0 Å². The molecule has 0 bridgehead atoms. The Balaban J connectivity index is 1.91. The molecule has 144 valence electrons. The van der Waals surface area contributed by atoms with Crippen molar-refractivity contribution in [1.82, 2.24) is 15.1 Å². The molecule has 2 aromatic carbocycles. The first kappa shape index (κ1) is 19.3. The summed E-state index contributed by atoms with van der Waals surface area (Å²) >= 11 is 0. The molecule has 0 unspecified atom stereocenters. The number of nitro groups is 1. The molecule has 7 nitrogen and oxygen atoms in total. The zero-order valence-corrected chi connectivity index (χ0v) is 16.0. The topological polar surface area (TPSA) is 90.1 Å². The lowest BCUT2D eigenvalue weighted by atomic mass is 9.98. The molecular formula is C21H22N4O3. The number of nitrogens with one attached hydrogen (secondary N) is 1. The fourth-order valence-corrected chi connectivity index (χ4v) is 3.32. The van der Waals surface area contributed by atoms with Crippen molar-refractivity contribution >= 4 is 11.6 Å². The van der Waals surface area contributed by atoms with Crippen LogP contribution in [0.25, 0.3) is 0 Å². The molecule has 28 heavy (non-hydrogen) atoms. The van der Waals surface area contributed by atoms with E-state index in [0.29, 0.717) is 11.4 Å². The smallest absolute Gasteiger partial charge is 0.312 e. The molecule has 0 spiro atoms. The first-order valence-corrected chi connectivity index (χ1v) is 9.00. The summed E-state index contributed by atoms with van der Waals surface area (Å²) in [5.74, 6) is -0.266. The van der Waals surface area contributed by atoms with Gasteiger partial charge in [-0.1, -0.05) is 60.7 Å². The van der Waals surface area contributed by atoms with Crippen molar-refractivity contribution in [2.24, 2.45) is 0 Å². The van der Waals surface area contributed by atoms with E-state index in [1.165, 1.54) is 4.68 Å². The van der Waals surface area contributed by atoms with E-state index in [-0.39, 0.29) is 17.6 Å². The van der Waals surface area contributed by atoms with E-state index in [9.17, 15) is 14.9 Å². The molecule has 0 fully saturated rings. The number of hydrogen-bond donors (Lipinski definition) is 1. The summed E-state index contributed by atoms with van der Waals surface area (Å²) in [5.41, 5.74) is 2.51. The Morgan fingerprint density at radius 3 is 1.96 bits per heavy atom. The number of hydrogen-bond acceptors (Lipinski definition) is 4. The summed E-state index contributed by atoms with van der Waals surface area (Å²) in [6.45, 7) is 4.86. The van der Waals surface area contributed by atoms with Crippen LogP contribution in [0.3, 0.4) is 0 Å². The van der Waals surface area contributed by atoms with Crippen LogP contribution in [0.1, 0.15) is 41.5 Å². The van der Waals surface area contributed by atoms with E-state index in [2.05, 4.69) is 10.4 Å². The minimum Gasteiger partial charge on any atom is -0.343 e. The number of carbonyl (C=O) groups is 1. The van der Waals surface area contributed by atoms with Gasteiger partial charge in [-0.25, -0.2) is 0 Å². The van der Waals surface area contributed by atoms with Crippen LogP contribution >= 0.6 is 0 Å². The molecule has 3 rings (SSSR count). The first-order chi connectivity index (χ1) is 13.4. The van der Waals surface area contributed by atoms with Gasteiger partial charge >= 0.3 is 5.69 Å². The van der Waals surface area contributed by atoms with Crippen molar-refractivity contribution in [2.75, 3.05) is 0 Å². The zero-order chi connectivity index (χ0) is 20.3. The van der Waals surface area contributed by atoms with Crippen molar-refractivity contribution in [3.63, 3.8) is 0 Å². The molecular weight excluding hydrogens is 356 g/mol. The average Bonchev–Trinajstić information content (AvgIpc) is 3.00. The van der Waals surface area contributed by atoms with Gasteiger partial charge in [0, 0.05) is 0 Å². The van der Waals surface area contributed by atoms with E-state index in [1.807, 2.05) is 60.7 Å². The predicted octanol–water partition coefficient (Wildman–Crippen LogP) is 3.87. The highest BCUT2D eigenvalue weighted by Gasteiger charge is 2.28. The van der Waals surface area contributed by atoms with Crippen LogP contribution < -0.4 is 5.32 Å². The van der Waals surface area contributed by atoms with E-state index in [1.54, 1.807) is 20.8 Å². The Bertz CT molecular complexity index is 944. The van der Waals surface area contributed by atoms with Gasteiger partial charge in [0.1, 0.15) is 17.4 Å². The van der Waals surface area contributed by atoms with Gasteiger partial charge in [-0.2, -0.15) is 5.10 Å². The third kappa shape index (κ3) is 3.78. The molecule has 3 aromatic rings. The van der Waals surface area contributed by atoms with Gasteiger partial charge in [0.05, 0.1) is 11.0 Å². The zero-order valence-electron chi connectivity index (χ0n) is 16.0. The van der Waals surface area contributed by atoms with Crippen molar-refractivity contribution < 1.29 is 9.72 Å². The van der Waals surface area contributed by atoms with Crippen LogP contribution in [0.2, 0.25) is 0 Å². The van der Waals surface area contributed by atoms with Gasteiger partial charge in [0.25, 0.3) is 0 Å². The monoisotopic (exact) mass is 378 g/mol. The summed E-state index contributed by atoms with van der Waals surface area (Å²) in [6, 6.07) is 18.3. The van der Waals surface area contributed by atoms with E-state index < -0.39 is 11.0 Å². The molecule has 1 aromatic heterocycles. The standard InChI is InChI=1S/C21H22N4O3/c1-14-20(25(27)28)15(2)24(23-14)16(3)21(26)22-19(17-10-6-4-7-11-17)18-12-8-5-9-13-18/h4-13,16,19H,1-3H3,(H,22,26)/t16-/m1/s1. The number of benzene rings is 2. The fourth-order valence-electron chi connectivity index (χ4n) is 3.32. The fraction of sp³-hybridized carbons (Fsp3) is 0.238. The summed E-state index contributed by atoms with van der Waals surface area (Å²) in [7, 11) is 0. The SMILES string of the molecule is Cc1nn([C@H](C)C(=O)NC(c2ccccc2)c2ccccc2)c(C)c1[N+](=O)[O-]. The highest BCUT2D eigenvalue weighted by molar-refractivity contribution is 5.81. The molecule has 0 aliphatic carbocycles. The Morgan fingerprint density at radius 2 is 1.54 bits per heavy atom. The average molecular weight is 378 g/mol. The van der Waals surface area contributed by atoms with Gasteiger partial charge in [-0.3, -0.25) is 19.6 Å². The molecule has 1 atom stereocenters. The first-order valence-electron chi connectivity index (χ1n) is 9.00. The van der Waals surface area contributed by atoms with Crippen molar-refractivity contribution in [3.05, 3.63) is 93.3 Å². The number of amides is 1. The number of carbonyl (C=O) groups excluding carboxylic acids is 1. The Labute approximate surface area is 163 Å². The Hall–Kier alpha value is -3.48. The molecule has 0 aliphatic rings. The third-order valence-corrected chi connectivity index (χ3v) is 4.77. The van der Waals surface area contributed by atoms with E-state index in [0.717, 1.165) is 11.1 Å². The molecule has 1 N–H and O–H groups in total. The highest BCUT2D eigenvalue weighted by atomic mass is 16.6. The van der Waals surface area contributed by atoms with Crippen LogP contribution in [-0.2, 0) is 4.79 Å². The third-order valence-electron chi connectivity index (χ3n) is 4.77. The lowest BCUT2D eigenvalue weighted by molar-refractivity contribution is -0.386. The highest BCUT2D eigenvalue weighted by Crippen LogP contribution is 2.26. The summed E-state index contributed by atoms with van der Waals surface area (Å²) in [4.78, 5) is 23.8. The van der Waals surface area contributed by atoms with Crippen LogP contribution in [0, 0.1) is 24.0 Å². The van der Waals surface area contributed by atoms with Crippen molar-refractivity contribution in [3.8, 4) is 0 Å². The molecule has 0 aliphatic heterocycles. The minimum absolute atomic E-state index is 0.0534. The second kappa shape index (κ2) is 8.04. The van der Waals surface area contributed by atoms with Gasteiger partial charge in [-0.05, 0) is 31.9 Å². The molecule has 1 heterocycles. The van der Waals surface area contributed by atoms with Crippen LogP contribution in [0.15, 0.2) is 60.7 Å². The normalized spacial score (nSPS) is 12.0. The van der Waals surface area contributed by atoms with Gasteiger partial charge in [0.15, 0.2) is 0 Å². The Kier molecular flexibility index (Phi) is 5.54. The molecule has 0 radical (unpaired) electrons. The van der Waals surface area contributed by atoms with Crippen molar-refractivity contribution in [2.45, 2.75) is 32.9 Å². The maximum absolute atomic E-state index is 13.0. The van der Waals surface area contributed by atoms with Crippen LogP contribution in [0.4, 0.5) is 5.69 Å². The summed E-state index contributed by atoms with van der Waals surface area (Å²) < 4.78 is 1.41. The number of nitrogens with zero attached hydrogens (tertiary/aromatic N) is 3. The lowest BCUT2D eigenvalue weighted by Crippen LogP contribution is -2.35.